The van der Waals surface area contributed by atoms with E-state index in [2.05, 4.69) is 10.3 Å². The second-order valence-electron chi connectivity index (χ2n) is 4.48. The summed E-state index contributed by atoms with van der Waals surface area (Å²) in [5.41, 5.74) is 2.20. The number of benzene rings is 1. The predicted octanol–water partition coefficient (Wildman–Crippen LogP) is 2.82. The zero-order chi connectivity index (χ0) is 15.1. The third kappa shape index (κ3) is 4.51. The molecular weight excluding hydrogens is 304 g/mol. The van der Waals surface area contributed by atoms with E-state index in [1.54, 1.807) is 33.7 Å². The first kappa shape index (κ1) is 18.1. The van der Waals surface area contributed by atoms with Crippen LogP contribution in [0.4, 0.5) is 0 Å². The zero-order valence-electron chi connectivity index (χ0n) is 13.0. The standard InChI is InChI=1S/C16H20N2O3.ClH/c1-19-14-9-16(21-3)15(20-2)8-13(14)11-18-10-12-4-6-17-7-5-12;/h4-9,18H,10-11H2,1-3H3;1H. The van der Waals surface area contributed by atoms with Crippen LogP contribution in [0, 0.1) is 0 Å². The van der Waals surface area contributed by atoms with E-state index in [-0.39, 0.29) is 12.4 Å². The topological polar surface area (TPSA) is 52.6 Å². The summed E-state index contributed by atoms with van der Waals surface area (Å²) in [6.45, 7) is 1.44. The van der Waals surface area contributed by atoms with Crippen molar-refractivity contribution in [2.75, 3.05) is 21.3 Å². The zero-order valence-corrected chi connectivity index (χ0v) is 13.8. The number of nitrogens with one attached hydrogen (secondary N) is 1. The SMILES string of the molecule is COc1cc(OC)c(OC)cc1CNCc1ccncc1.Cl. The van der Waals surface area contributed by atoms with Crippen molar-refractivity contribution in [1.82, 2.24) is 10.3 Å². The monoisotopic (exact) mass is 324 g/mol. The minimum Gasteiger partial charge on any atom is -0.496 e. The summed E-state index contributed by atoms with van der Waals surface area (Å²) in [6, 6.07) is 7.73. The molecule has 0 aliphatic carbocycles. The van der Waals surface area contributed by atoms with Crippen LogP contribution in [0.3, 0.4) is 0 Å². The maximum absolute atomic E-state index is 5.40. The van der Waals surface area contributed by atoms with Crippen molar-refractivity contribution in [2.24, 2.45) is 0 Å². The van der Waals surface area contributed by atoms with Crippen LogP contribution in [0.1, 0.15) is 11.1 Å². The Morgan fingerprint density at radius 2 is 1.45 bits per heavy atom. The fourth-order valence-corrected chi connectivity index (χ4v) is 2.07. The molecule has 0 bridgehead atoms. The summed E-state index contributed by atoms with van der Waals surface area (Å²) in [5, 5.41) is 3.38. The van der Waals surface area contributed by atoms with Crippen molar-refractivity contribution < 1.29 is 14.2 Å². The van der Waals surface area contributed by atoms with Gasteiger partial charge in [-0.1, -0.05) is 0 Å². The average molecular weight is 325 g/mol. The summed E-state index contributed by atoms with van der Waals surface area (Å²) in [7, 11) is 4.88. The van der Waals surface area contributed by atoms with Gasteiger partial charge in [0, 0.05) is 37.1 Å². The van der Waals surface area contributed by atoms with E-state index < -0.39 is 0 Å². The number of ether oxygens (including phenoxy) is 3. The normalized spacial score (nSPS) is 9.77. The highest BCUT2D eigenvalue weighted by Gasteiger charge is 2.11. The Hall–Kier alpha value is -1.98. The Bertz CT molecular complexity index is 579. The van der Waals surface area contributed by atoms with Gasteiger partial charge in [-0.25, -0.2) is 0 Å². The van der Waals surface area contributed by atoms with Crippen LogP contribution in [-0.2, 0) is 13.1 Å². The largest absolute Gasteiger partial charge is 0.496 e. The molecule has 5 nitrogen and oxygen atoms in total. The molecule has 0 fully saturated rings. The van der Waals surface area contributed by atoms with Gasteiger partial charge in [-0.05, 0) is 23.8 Å². The molecular formula is C16H21ClN2O3. The number of hydrogen-bond donors (Lipinski definition) is 1. The molecule has 0 spiro atoms. The molecule has 0 radical (unpaired) electrons. The molecule has 1 aromatic carbocycles. The van der Waals surface area contributed by atoms with Crippen LogP contribution in [0.15, 0.2) is 36.7 Å². The van der Waals surface area contributed by atoms with Crippen molar-refractivity contribution in [3.8, 4) is 17.2 Å². The van der Waals surface area contributed by atoms with Gasteiger partial charge in [-0.2, -0.15) is 0 Å². The van der Waals surface area contributed by atoms with Crippen LogP contribution >= 0.6 is 12.4 Å². The summed E-state index contributed by atoms with van der Waals surface area (Å²) in [6.07, 6.45) is 3.57. The van der Waals surface area contributed by atoms with E-state index >= 15 is 0 Å². The quantitative estimate of drug-likeness (QED) is 0.848. The van der Waals surface area contributed by atoms with E-state index in [1.165, 1.54) is 5.56 Å². The van der Waals surface area contributed by atoms with Crippen molar-refractivity contribution >= 4 is 12.4 Å². The first-order valence-corrected chi connectivity index (χ1v) is 6.67. The Labute approximate surface area is 137 Å². The fourth-order valence-electron chi connectivity index (χ4n) is 2.07. The Morgan fingerprint density at radius 1 is 0.864 bits per heavy atom. The highest BCUT2D eigenvalue weighted by atomic mass is 35.5. The third-order valence-corrected chi connectivity index (χ3v) is 3.18. The maximum Gasteiger partial charge on any atom is 0.164 e. The first-order valence-electron chi connectivity index (χ1n) is 6.67. The van der Waals surface area contributed by atoms with Crippen LogP contribution in [0.5, 0.6) is 17.2 Å². The lowest BCUT2D eigenvalue weighted by Gasteiger charge is -2.14. The molecule has 6 heteroatoms. The van der Waals surface area contributed by atoms with Crippen molar-refractivity contribution in [3.05, 3.63) is 47.8 Å². The minimum atomic E-state index is 0. The summed E-state index contributed by atoms with van der Waals surface area (Å²) < 4.78 is 16.0. The third-order valence-electron chi connectivity index (χ3n) is 3.18. The lowest BCUT2D eigenvalue weighted by molar-refractivity contribution is 0.347. The number of aromatic nitrogens is 1. The number of pyridine rings is 1. The molecule has 1 heterocycles. The molecule has 2 aromatic rings. The van der Waals surface area contributed by atoms with Crippen molar-refractivity contribution in [3.63, 3.8) is 0 Å². The number of rotatable bonds is 7. The molecule has 1 aromatic heterocycles. The predicted molar refractivity (Wildman–Crippen MR) is 88.1 cm³/mol. The Morgan fingerprint density at radius 3 is 2.05 bits per heavy atom. The van der Waals surface area contributed by atoms with Crippen LogP contribution in [0.25, 0.3) is 0 Å². The van der Waals surface area contributed by atoms with Gasteiger partial charge in [0.05, 0.1) is 21.3 Å². The summed E-state index contributed by atoms with van der Waals surface area (Å²) in [4.78, 5) is 4.00. The Kier molecular flexibility index (Phi) is 7.49. The summed E-state index contributed by atoms with van der Waals surface area (Å²) in [5.74, 6) is 2.13. The minimum absolute atomic E-state index is 0. The van der Waals surface area contributed by atoms with E-state index in [1.807, 2.05) is 24.3 Å². The molecule has 0 saturated heterocycles. The van der Waals surface area contributed by atoms with E-state index in [4.69, 9.17) is 14.2 Å². The molecule has 2 rings (SSSR count). The number of hydrogen-bond acceptors (Lipinski definition) is 5. The van der Waals surface area contributed by atoms with Gasteiger partial charge in [-0.3, -0.25) is 4.98 Å². The molecule has 0 saturated carbocycles. The molecule has 0 aliphatic heterocycles. The lowest BCUT2D eigenvalue weighted by Crippen LogP contribution is -2.13. The van der Waals surface area contributed by atoms with Gasteiger partial charge in [0.1, 0.15) is 5.75 Å². The van der Waals surface area contributed by atoms with E-state index in [0.29, 0.717) is 18.0 Å². The van der Waals surface area contributed by atoms with E-state index in [9.17, 15) is 0 Å². The molecule has 0 aliphatic rings. The van der Waals surface area contributed by atoms with Gasteiger partial charge in [0.2, 0.25) is 0 Å². The smallest absolute Gasteiger partial charge is 0.164 e. The lowest BCUT2D eigenvalue weighted by atomic mass is 10.1. The fraction of sp³-hybridized carbons (Fsp3) is 0.312. The van der Waals surface area contributed by atoms with Gasteiger partial charge < -0.3 is 19.5 Å². The average Bonchev–Trinajstić information content (AvgIpc) is 2.55. The molecule has 0 atom stereocenters. The van der Waals surface area contributed by atoms with Crippen molar-refractivity contribution in [1.29, 1.82) is 0 Å². The van der Waals surface area contributed by atoms with Gasteiger partial charge in [0.15, 0.2) is 11.5 Å². The molecule has 1 N–H and O–H groups in total. The second-order valence-corrected chi connectivity index (χ2v) is 4.48. The molecule has 22 heavy (non-hydrogen) atoms. The Balaban J connectivity index is 0.00000242. The van der Waals surface area contributed by atoms with Crippen LogP contribution in [0.2, 0.25) is 0 Å². The number of methoxy groups -OCH3 is 3. The molecule has 0 unspecified atom stereocenters. The maximum atomic E-state index is 5.40. The van der Waals surface area contributed by atoms with Gasteiger partial charge in [0.25, 0.3) is 0 Å². The highest BCUT2D eigenvalue weighted by Crippen LogP contribution is 2.34. The number of halogens is 1. The highest BCUT2D eigenvalue weighted by molar-refractivity contribution is 5.85. The second kappa shape index (κ2) is 9.12. The van der Waals surface area contributed by atoms with Crippen LogP contribution in [-0.4, -0.2) is 26.3 Å². The van der Waals surface area contributed by atoms with Crippen LogP contribution < -0.4 is 19.5 Å². The molecule has 0 amide bonds. The molecule has 120 valence electrons. The van der Waals surface area contributed by atoms with E-state index in [0.717, 1.165) is 17.9 Å². The summed E-state index contributed by atoms with van der Waals surface area (Å²) >= 11 is 0. The number of nitrogens with zero attached hydrogens (tertiary/aromatic N) is 1. The van der Waals surface area contributed by atoms with Crippen molar-refractivity contribution in [2.45, 2.75) is 13.1 Å². The van der Waals surface area contributed by atoms with Gasteiger partial charge in [-0.15, -0.1) is 12.4 Å². The first-order chi connectivity index (χ1) is 10.3. The van der Waals surface area contributed by atoms with Gasteiger partial charge >= 0.3 is 0 Å².